The molecule has 1 saturated heterocycles. The van der Waals surface area contributed by atoms with E-state index in [9.17, 15) is 4.39 Å². The van der Waals surface area contributed by atoms with E-state index in [0.717, 1.165) is 37.3 Å². The lowest BCUT2D eigenvalue weighted by Gasteiger charge is -2.34. The van der Waals surface area contributed by atoms with Gasteiger partial charge in [-0.25, -0.2) is 14.4 Å². The van der Waals surface area contributed by atoms with Gasteiger partial charge in [0.1, 0.15) is 11.9 Å². The molecule has 0 radical (unpaired) electrons. The number of nitriles is 1. The molecule has 1 N–H and O–H groups in total. The van der Waals surface area contributed by atoms with E-state index in [2.05, 4.69) is 20.2 Å². The van der Waals surface area contributed by atoms with Gasteiger partial charge in [-0.05, 0) is 44.0 Å². The van der Waals surface area contributed by atoms with Gasteiger partial charge in [0.25, 0.3) is 0 Å². The molecule has 23 heavy (non-hydrogen) atoms. The number of nitrogens with one attached hydrogen (secondary N) is 1. The highest BCUT2D eigenvalue weighted by atomic mass is 19.1. The molecule has 0 spiro atoms. The van der Waals surface area contributed by atoms with Gasteiger partial charge >= 0.3 is 0 Å². The monoisotopic (exact) mass is 311 g/mol. The van der Waals surface area contributed by atoms with Crippen molar-refractivity contribution in [3.8, 4) is 6.07 Å². The molecule has 2 aromatic rings. The van der Waals surface area contributed by atoms with Gasteiger partial charge in [0, 0.05) is 36.7 Å². The van der Waals surface area contributed by atoms with Crippen LogP contribution in [0.3, 0.4) is 0 Å². The van der Waals surface area contributed by atoms with Crippen molar-refractivity contribution < 1.29 is 4.39 Å². The Labute approximate surface area is 134 Å². The summed E-state index contributed by atoms with van der Waals surface area (Å²) in [6, 6.07) is 8.69. The van der Waals surface area contributed by atoms with Gasteiger partial charge in [0.05, 0.1) is 5.56 Å². The zero-order chi connectivity index (χ0) is 16.2. The molecule has 1 fully saturated rings. The topological polar surface area (TPSA) is 64.8 Å². The van der Waals surface area contributed by atoms with Crippen LogP contribution in [0.2, 0.25) is 0 Å². The summed E-state index contributed by atoms with van der Waals surface area (Å²) < 4.78 is 13.8. The molecule has 5 nitrogen and oxygen atoms in total. The van der Waals surface area contributed by atoms with Crippen LogP contribution in [0.4, 0.5) is 16.0 Å². The minimum Gasteiger partial charge on any atom is -0.369 e. The summed E-state index contributed by atoms with van der Waals surface area (Å²) in [7, 11) is 0. The van der Waals surface area contributed by atoms with E-state index in [-0.39, 0.29) is 11.6 Å². The largest absolute Gasteiger partial charge is 0.369 e. The van der Waals surface area contributed by atoms with E-state index in [4.69, 9.17) is 5.26 Å². The molecule has 1 aromatic heterocycles. The Bertz CT molecular complexity index is 740. The van der Waals surface area contributed by atoms with Crippen molar-refractivity contribution in [2.45, 2.75) is 25.8 Å². The second kappa shape index (κ2) is 6.61. The molecule has 1 unspecified atom stereocenters. The van der Waals surface area contributed by atoms with Crippen LogP contribution in [-0.2, 0) is 0 Å². The highest BCUT2D eigenvalue weighted by Crippen LogP contribution is 2.23. The lowest BCUT2D eigenvalue weighted by Crippen LogP contribution is -2.42. The molecular formula is C17H18FN5. The summed E-state index contributed by atoms with van der Waals surface area (Å²) >= 11 is 0. The first-order valence-electron chi connectivity index (χ1n) is 7.66. The fraction of sp³-hybridized carbons (Fsp3) is 0.353. The van der Waals surface area contributed by atoms with Crippen LogP contribution >= 0.6 is 0 Å². The van der Waals surface area contributed by atoms with E-state index >= 15 is 0 Å². The first-order chi connectivity index (χ1) is 11.2. The van der Waals surface area contributed by atoms with E-state index < -0.39 is 5.82 Å². The number of halogens is 1. The third-order valence-electron chi connectivity index (χ3n) is 3.99. The first-order valence-corrected chi connectivity index (χ1v) is 7.66. The van der Waals surface area contributed by atoms with Crippen LogP contribution in [-0.4, -0.2) is 29.1 Å². The third kappa shape index (κ3) is 3.57. The summed E-state index contributed by atoms with van der Waals surface area (Å²) in [6.45, 7) is 3.56. The van der Waals surface area contributed by atoms with Gasteiger partial charge in [0.2, 0.25) is 5.95 Å². The molecule has 1 aliphatic heterocycles. The number of aromatic nitrogens is 2. The van der Waals surface area contributed by atoms with Crippen molar-refractivity contribution in [2.24, 2.45) is 0 Å². The first kappa shape index (κ1) is 15.2. The Kier molecular flexibility index (Phi) is 4.38. The fourth-order valence-corrected chi connectivity index (χ4v) is 2.82. The predicted octanol–water partition coefficient (Wildman–Crippen LogP) is 2.88. The van der Waals surface area contributed by atoms with Crippen LogP contribution in [0.1, 0.15) is 24.1 Å². The minimum absolute atomic E-state index is 0.0774. The Morgan fingerprint density at radius 1 is 1.39 bits per heavy atom. The molecule has 2 heterocycles. The second-order valence-corrected chi connectivity index (χ2v) is 5.73. The molecule has 0 bridgehead atoms. The van der Waals surface area contributed by atoms with Crippen molar-refractivity contribution in [3.05, 3.63) is 47.5 Å². The van der Waals surface area contributed by atoms with Gasteiger partial charge in [-0.1, -0.05) is 0 Å². The molecule has 1 aromatic carbocycles. The second-order valence-electron chi connectivity index (χ2n) is 5.73. The standard InChI is InChI=1S/C17H18FN5/c1-12-6-7-20-17(21-12)22-14-3-2-8-23(11-14)15-5-4-13(10-19)16(18)9-15/h4-7,9,14H,2-3,8,11H2,1H3,(H,20,21,22). The SMILES string of the molecule is Cc1ccnc(NC2CCCN(c3ccc(C#N)c(F)c3)C2)n1. The van der Waals surface area contributed by atoms with Crippen LogP contribution in [0.25, 0.3) is 0 Å². The third-order valence-corrected chi connectivity index (χ3v) is 3.99. The van der Waals surface area contributed by atoms with E-state index in [1.807, 2.05) is 19.1 Å². The summed E-state index contributed by atoms with van der Waals surface area (Å²) in [5, 5.41) is 12.2. The van der Waals surface area contributed by atoms with Gasteiger partial charge in [0.15, 0.2) is 0 Å². The van der Waals surface area contributed by atoms with E-state index in [0.29, 0.717) is 5.95 Å². The zero-order valence-electron chi connectivity index (χ0n) is 13.0. The number of benzene rings is 1. The Balaban J connectivity index is 1.71. The summed E-state index contributed by atoms with van der Waals surface area (Å²) in [5.74, 6) is 0.157. The number of nitrogens with zero attached hydrogens (tertiary/aromatic N) is 4. The van der Waals surface area contributed by atoms with Gasteiger partial charge in [-0.3, -0.25) is 0 Å². The Morgan fingerprint density at radius 3 is 3.00 bits per heavy atom. The van der Waals surface area contributed by atoms with Crippen molar-refractivity contribution in [1.29, 1.82) is 5.26 Å². The maximum Gasteiger partial charge on any atom is 0.223 e. The van der Waals surface area contributed by atoms with Gasteiger partial charge in [-0.15, -0.1) is 0 Å². The lowest BCUT2D eigenvalue weighted by atomic mass is 10.0. The van der Waals surface area contributed by atoms with Crippen LogP contribution in [0, 0.1) is 24.1 Å². The average molecular weight is 311 g/mol. The molecule has 0 saturated carbocycles. The predicted molar refractivity (Wildman–Crippen MR) is 86.7 cm³/mol. The molecule has 1 aliphatic rings. The van der Waals surface area contributed by atoms with Crippen molar-refractivity contribution in [3.63, 3.8) is 0 Å². The normalized spacial score (nSPS) is 17.6. The minimum atomic E-state index is -0.470. The molecule has 6 heteroatoms. The molecule has 1 atom stereocenters. The fourth-order valence-electron chi connectivity index (χ4n) is 2.82. The van der Waals surface area contributed by atoms with E-state index in [1.165, 1.54) is 12.1 Å². The lowest BCUT2D eigenvalue weighted by molar-refractivity contribution is 0.526. The summed E-state index contributed by atoms with van der Waals surface area (Å²) in [5.41, 5.74) is 1.80. The molecule has 118 valence electrons. The van der Waals surface area contributed by atoms with Crippen LogP contribution in [0.15, 0.2) is 30.5 Å². The number of hydrogen-bond donors (Lipinski definition) is 1. The number of aryl methyl sites for hydroxylation is 1. The smallest absolute Gasteiger partial charge is 0.223 e. The summed E-state index contributed by atoms with van der Waals surface area (Å²) in [4.78, 5) is 10.7. The van der Waals surface area contributed by atoms with Crippen LogP contribution < -0.4 is 10.2 Å². The highest BCUT2D eigenvalue weighted by Gasteiger charge is 2.21. The number of rotatable bonds is 3. The van der Waals surface area contributed by atoms with Crippen molar-refractivity contribution in [2.75, 3.05) is 23.3 Å². The van der Waals surface area contributed by atoms with Gasteiger partial charge in [-0.2, -0.15) is 5.26 Å². The van der Waals surface area contributed by atoms with Gasteiger partial charge < -0.3 is 10.2 Å². The maximum absolute atomic E-state index is 13.8. The Morgan fingerprint density at radius 2 is 2.26 bits per heavy atom. The van der Waals surface area contributed by atoms with E-state index in [1.54, 1.807) is 12.3 Å². The Hall–Kier alpha value is -2.68. The zero-order valence-corrected chi connectivity index (χ0v) is 13.0. The quantitative estimate of drug-likeness (QED) is 0.944. The van der Waals surface area contributed by atoms with Crippen LogP contribution in [0.5, 0.6) is 0 Å². The number of anilines is 2. The molecule has 0 aliphatic carbocycles. The summed E-state index contributed by atoms with van der Waals surface area (Å²) in [6.07, 6.45) is 3.76. The highest BCUT2D eigenvalue weighted by molar-refractivity contribution is 5.51. The van der Waals surface area contributed by atoms with Crippen molar-refractivity contribution >= 4 is 11.6 Å². The maximum atomic E-state index is 13.8. The molecule has 0 amide bonds. The van der Waals surface area contributed by atoms with Crippen molar-refractivity contribution in [1.82, 2.24) is 9.97 Å². The number of piperidine rings is 1. The molecular weight excluding hydrogens is 293 g/mol. The number of hydrogen-bond acceptors (Lipinski definition) is 5. The molecule has 3 rings (SSSR count). The average Bonchev–Trinajstić information content (AvgIpc) is 2.55.